The number of rotatable bonds is 3. The highest BCUT2D eigenvalue weighted by Gasteiger charge is 2.22. The summed E-state index contributed by atoms with van der Waals surface area (Å²) in [5.41, 5.74) is 3.45. The van der Waals surface area contributed by atoms with Gasteiger partial charge in [0.1, 0.15) is 18.5 Å². The molecule has 1 N–H and O–H groups in total. The van der Waals surface area contributed by atoms with Gasteiger partial charge in [0.05, 0.1) is 6.04 Å². The van der Waals surface area contributed by atoms with Crippen molar-refractivity contribution in [2.75, 3.05) is 0 Å². The van der Waals surface area contributed by atoms with Crippen LogP contribution < -0.4 is 5.32 Å². The zero-order chi connectivity index (χ0) is 17.2. The van der Waals surface area contributed by atoms with Gasteiger partial charge >= 0.3 is 0 Å². The number of hydrogen-bond acceptors (Lipinski definition) is 3. The third kappa shape index (κ3) is 3.15. The lowest BCUT2D eigenvalue weighted by Crippen LogP contribution is -2.31. The highest BCUT2D eigenvalue weighted by molar-refractivity contribution is 5.94. The predicted octanol–water partition coefficient (Wildman–Crippen LogP) is 3.21. The molecule has 1 atom stereocenters. The van der Waals surface area contributed by atoms with E-state index in [4.69, 9.17) is 0 Å². The number of fused-ring (bicyclic) bond motifs is 1. The molecule has 0 radical (unpaired) electrons. The molecule has 1 heterocycles. The van der Waals surface area contributed by atoms with Crippen LogP contribution in [0.4, 0.5) is 4.39 Å². The molecule has 0 bridgehead atoms. The van der Waals surface area contributed by atoms with Gasteiger partial charge in [-0.25, -0.2) is 4.39 Å². The average Bonchev–Trinajstić information content (AvgIpc) is 3.17. The normalized spacial score (nSPS) is 16.3. The Balaban J connectivity index is 1.52. The second-order valence-electron chi connectivity index (χ2n) is 6.18. The second kappa shape index (κ2) is 6.47. The molecule has 1 aliphatic rings. The van der Waals surface area contributed by atoms with Crippen molar-refractivity contribution in [3.05, 3.63) is 77.6 Å². The summed E-state index contributed by atoms with van der Waals surface area (Å²) in [4.78, 5) is 12.6. The maximum absolute atomic E-state index is 13.6. The number of halogens is 1. The monoisotopic (exact) mass is 336 g/mol. The first-order valence-corrected chi connectivity index (χ1v) is 8.25. The fourth-order valence-electron chi connectivity index (χ4n) is 3.28. The molecular formula is C19H17FN4O. The van der Waals surface area contributed by atoms with Gasteiger partial charge in [-0.05, 0) is 66.8 Å². The lowest BCUT2D eigenvalue weighted by Gasteiger charge is -2.26. The molecule has 0 unspecified atom stereocenters. The molecule has 1 aromatic heterocycles. The zero-order valence-electron chi connectivity index (χ0n) is 13.5. The highest BCUT2D eigenvalue weighted by atomic mass is 19.1. The number of hydrogen-bond donors (Lipinski definition) is 1. The number of aromatic nitrogens is 3. The van der Waals surface area contributed by atoms with Crippen LogP contribution in [0.2, 0.25) is 0 Å². The van der Waals surface area contributed by atoms with Gasteiger partial charge in [-0.15, -0.1) is 10.2 Å². The summed E-state index contributed by atoms with van der Waals surface area (Å²) in [6, 6.07) is 11.9. The van der Waals surface area contributed by atoms with Crippen LogP contribution in [0.25, 0.3) is 5.69 Å². The summed E-state index contributed by atoms with van der Waals surface area (Å²) in [5, 5.41) is 10.6. The van der Waals surface area contributed by atoms with Crippen molar-refractivity contribution in [3.8, 4) is 5.69 Å². The van der Waals surface area contributed by atoms with E-state index >= 15 is 0 Å². The van der Waals surface area contributed by atoms with Crippen LogP contribution in [-0.2, 0) is 6.42 Å². The van der Waals surface area contributed by atoms with E-state index < -0.39 is 0 Å². The molecule has 0 saturated heterocycles. The van der Waals surface area contributed by atoms with E-state index in [0.29, 0.717) is 5.56 Å². The van der Waals surface area contributed by atoms with Gasteiger partial charge in [-0.3, -0.25) is 9.36 Å². The number of amides is 1. The van der Waals surface area contributed by atoms with E-state index in [9.17, 15) is 9.18 Å². The molecule has 0 aliphatic heterocycles. The lowest BCUT2D eigenvalue weighted by atomic mass is 9.87. The summed E-state index contributed by atoms with van der Waals surface area (Å²) < 4.78 is 15.3. The summed E-state index contributed by atoms with van der Waals surface area (Å²) in [6.45, 7) is 0. The minimum Gasteiger partial charge on any atom is -0.345 e. The quantitative estimate of drug-likeness (QED) is 0.799. The van der Waals surface area contributed by atoms with Gasteiger partial charge < -0.3 is 5.32 Å². The highest BCUT2D eigenvalue weighted by Crippen LogP contribution is 2.30. The summed E-state index contributed by atoms with van der Waals surface area (Å²) in [5.74, 6) is -0.421. The van der Waals surface area contributed by atoms with Crippen molar-refractivity contribution in [2.24, 2.45) is 0 Å². The molecule has 4 rings (SSSR count). The molecule has 0 fully saturated rings. The average molecular weight is 336 g/mol. The first kappa shape index (κ1) is 15.5. The van der Waals surface area contributed by atoms with Crippen LogP contribution in [0.15, 0.2) is 55.1 Å². The Hall–Kier alpha value is -3.02. The van der Waals surface area contributed by atoms with Gasteiger partial charge in [-0.2, -0.15) is 0 Å². The number of nitrogens with zero attached hydrogens (tertiary/aromatic N) is 3. The third-order valence-corrected chi connectivity index (χ3v) is 4.57. The maximum atomic E-state index is 13.6. The van der Waals surface area contributed by atoms with Crippen molar-refractivity contribution < 1.29 is 9.18 Å². The molecule has 3 aromatic rings. The molecule has 0 spiro atoms. The van der Waals surface area contributed by atoms with E-state index in [1.807, 2.05) is 18.2 Å². The number of carbonyl (C=O) groups excluding carboxylic acids is 1. The topological polar surface area (TPSA) is 59.8 Å². The summed E-state index contributed by atoms with van der Waals surface area (Å²) in [6.07, 6.45) is 5.93. The van der Waals surface area contributed by atoms with Crippen LogP contribution in [0.3, 0.4) is 0 Å². The third-order valence-electron chi connectivity index (χ3n) is 4.57. The molecule has 25 heavy (non-hydrogen) atoms. The van der Waals surface area contributed by atoms with Crippen molar-refractivity contribution in [1.29, 1.82) is 0 Å². The molecular weight excluding hydrogens is 319 g/mol. The second-order valence-corrected chi connectivity index (χ2v) is 6.18. The van der Waals surface area contributed by atoms with Gasteiger partial charge in [0, 0.05) is 11.3 Å². The Morgan fingerprint density at radius 3 is 2.64 bits per heavy atom. The molecule has 126 valence electrons. The molecule has 1 aliphatic carbocycles. The Bertz CT molecular complexity index is 890. The number of benzene rings is 2. The van der Waals surface area contributed by atoms with Crippen LogP contribution >= 0.6 is 0 Å². The Morgan fingerprint density at radius 2 is 1.88 bits per heavy atom. The minimum absolute atomic E-state index is 0.149. The minimum atomic E-state index is -0.266. The van der Waals surface area contributed by atoms with E-state index in [0.717, 1.165) is 36.1 Å². The van der Waals surface area contributed by atoms with Gasteiger partial charge in [-0.1, -0.05) is 6.07 Å². The predicted molar refractivity (Wildman–Crippen MR) is 90.9 cm³/mol. The van der Waals surface area contributed by atoms with Crippen molar-refractivity contribution >= 4 is 5.91 Å². The first-order valence-electron chi connectivity index (χ1n) is 8.25. The van der Waals surface area contributed by atoms with Crippen LogP contribution in [0.1, 0.15) is 40.4 Å². The fraction of sp³-hybridized carbons (Fsp3) is 0.211. The maximum Gasteiger partial charge on any atom is 0.251 e. The van der Waals surface area contributed by atoms with E-state index in [1.54, 1.807) is 29.4 Å². The molecule has 5 nitrogen and oxygen atoms in total. The van der Waals surface area contributed by atoms with Crippen LogP contribution in [0, 0.1) is 5.82 Å². The Labute approximate surface area is 144 Å². The van der Waals surface area contributed by atoms with Gasteiger partial charge in [0.15, 0.2) is 0 Å². The number of nitrogens with one attached hydrogen (secondary N) is 1. The van der Waals surface area contributed by atoms with E-state index in [-0.39, 0.29) is 17.8 Å². The van der Waals surface area contributed by atoms with Gasteiger partial charge in [0.25, 0.3) is 5.91 Å². The molecule has 1 amide bonds. The van der Waals surface area contributed by atoms with Crippen LogP contribution in [0.5, 0.6) is 0 Å². The van der Waals surface area contributed by atoms with E-state index in [2.05, 4.69) is 15.5 Å². The summed E-state index contributed by atoms with van der Waals surface area (Å²) >= 11 is 0. The van der Waals surface area contributed by atoms with Crippen molar-refractivity contribution in [3.63, 3.8) is 0 Å². The molecule has 0 saturated carbocycles. The first-order chi connectivity index (χ1) is 12.2. The van der Waals surface area contributed by atoms with Crippen molar-refractivity contribution in [1.82, 2.24) is 20.1 Å². The van der Waals surface area contributed by atoms with Gasteiger partial charge in [0.2, 0.25) is 0 Å². The largest absolute Gasteiger partial charge is 0.345 e. The lowest BCUT2D eigenvalue weighted by molar-refractivity contribution is 0.0932. The van der Waals surface area contributed by atoms with Crippen molar-refractivity contribution in [2.45, 2.75) is 25.3 Å². The molecule has 6 heteroatoms. The number of carbonyl (C=O) groups is 1. The Morgan fingerprint density at radius 1 is 1.12 bits per heavy atom. The Kier molecular flexibility index (Phi) is 4.01. The smallest absolute Gasteiger partial charge is 0.251 e. The SMILES string of the molecule is O=C(N[C@H]1CCCc2ccc(F)cc21)c1ccc(-n2cnnc2)cc1. The number of aryl methyl sites for hydroxylation is 1. The van der Waals surface area contributed by atoms with Crippen LogP contribution in [-0.4, -0.2) is 20.7 Å². The molecule has 2 aromatic carbocycles. The van der Waals surface area contributed by atoms with E-state index in [1.165, 1.54) is 12.1 Å². The standard InChI is InChI=1S/C19H17FN4O/c20-15-7-4-13-2-1-3-18(17(13)10-15)23-19(25)14-5-8-16(9-6-14)24-11-21-22-12-24/h4-12,18H,1-3H2,(H,23,25)/t18-/m0/s1. The summed E-state index contributed by atoms with van der Waals surface area (Å²) in [7, 11) is 0. The zero-order valence-corrected chi connectivity index (χ0v) is 13.5. The fourth-order valence-corrected chi connectivity index (χ4v) is 3.28.